The lowest BCUT2D eigenvalue weighted by Crippen LogP contribution is -2.04. The minimum absolute atomic E-state index is 0.0527. The molecule has 0 aliphatic rings. The lowest BCUT2D eigenvalue weighted by Gasteiger charge is -2.10. The number of benzene rings is 2. The number of ether oxygens (including phenoxy) is 3. The molecule has 25 heavy (non-hydrogen) atoms. The second-order valence-electron chi connectivity index (χ2n) is 5.18. The number of hydrogen-bond acceptors (Lipinski definition) is 6. The predicted octanol–water partition coefficient (Wildman–Crippen LogP) is 3.30. The Balaban J connectivity index is 1.66. The highest BCUT2D eigenvalue weighted by Crippen LogP contribution is 2.28. The van der Waals surface area contributed by atoms with Gasteiger partial charge in [0.2, 0.25) is 5.89 Å². The molecule has 6 nitrogen and oxygen atoms in total. The third-order valence-corrected chi connectivity index (χ3v) is 3.46. The number of methoxy groups -OCH3 is 1. The monoisotopic (exact) mass is 341 g/mol. The van der Waals surface area contributed by atoms with E-state index in [1.165, 1.54) is 0 Å². The summed E-state index contributed by atoms with van der Waals surface area (Å²) >= 11 is 0. The van der Waals surface area contributed by atoms with Crippen LogP contribution in [-0.2, 0) is 6.61 Å². The van der Waals surface area contributed by atoms with Crippen LogP contribution in [-0.4, -0.2) is 30.4 Å². The van der Waals surface area contributed by atoms with E-state index in [0.717, 1.165) is 11.3 Å². The van der Waals surface area contributed by atoms with Crippen LogP contribution in [0.25, 0.3) is 11.5 Å². The van der Waals surface area contributed by atoms with Crippen LogP contribution < -0.4 is 14.2 Å². The van der Waals surface area contributed by atoms with Gasteiger partial charge in [0, 0.05) is 5.56 Å². The predicted molar refractivity (Wildman–Crippen MR) is 91.8 cm³/mol. The standard InChI is InChI=1S/C19H19NO5/c1-22-16-8-6-14(7-9-16)19-20-15(13-25-19)12-24-18-5-3-2-4-17(18)23-11-10-21/h2-9,13,21H,10-12H2,1H3. The summed E-state index contributed by atoms with van der Waals surface area (Å²) in [5.74, 6) is 2.46. The van der Waals surface area contributed by atoms with Gasteiger partial charge in [0.15, 0.2) is 11.5 Å². The van der Waals surface area contributed by atoms with Gasteiger partial charge in [-0.3, -0.25) is 0 Å². The van der Waals surface area contributed by atoms with Crippen LogP contribution in [0.3, 0.4) is 0 Å². The molecule has 1 N–H and O–H groups in total. The first-order chi connectivity index (χ1) is 12.3. The summed E-state index contributed by atoms with van der Waals surface area (Å²) in [4.78, 5) is 4.43. The van der Waals surface area contributed by atoms with E-state index in [1.54, 1.807) is 25.5 Å². The van der Waals surface area contributed by atoms with E-state index in [0.29, 0.717) is 23.1 Å². The Bertz CT molecular complexity index is 798. The second-order valence-corrected chi connectivity index (χ2v) is 5.18. The molecule has 0 bridgehead atoms. The van der Waals surface area contributed by atoms with Gasteiger partial charge in [-0.2, -0.15) is 0 Å². The van der Waals surface area contributed by atoms with E-state index in [4.69, 9.17) is 23.7 Å². The van der Waals surface area contributed by atoms with Crippen molar-refractivity contribution < 1.29 is 23.7 Å². The number of oxazole rings is 1. The minimum Gasteiger partial charge on any atom is -0.497 e. The van der Waals surface area contributed by atoms with Crippen molar-refractivity contribution in [3.63, 3.8) is 0 Å². The summed E-state index contributed by atoms with van der Waals surface area (Å²) in [5.41, 5.74) is 1.53. The van der Waals surface area contributed by atoms with Crippen LogP contribution in [0.5, 0.6) is 17.2 Å². The molecular weight excluding hydrogens is 322 g/mol. The average Bonchev–Trinajstić information content (AvgIpc) is 3.14. The summed E-state index contributed by atoms with van der Waals surface area (Å²) in [5, 5.41) is 8.87. The van der Waals surface area contributed by atoms with Crippen LogP contribution in [0.1, 0.15) is 5.69 Å². The number of nitrogens with zero attached hydrogens (tertiary/aromatic N) is 1. The molecule has 3 rings (SSSR count). The fourth-order valence-corrected chi connectivity index (χ4v) is 2.24. The topological polar surface area (TPSA) is 74.0 Å². The highest BCUT2D eigenvalue weighted by Gasteiger charge is 2.09. The van der Waals surface area contributed by atoms with Gasteiger partial charge in [-0.25, -0.2) is 4.98 Å². The zero-order valence-corrected chi connectivity index (χ0v) is 13.8. The third-order valence-electron chi connectivity index (χ3n) is 3.46. The molecular formula is C19H19NO5. The van der Waals surface area contributed by atoms with Gasteiger partial charge in [0.1, 0.15) is 30.9 Å². The lowest BCUT2D eigenvalue weighted by atomic mass is 10.2. The second kappa shape index (κ2) is 8.21. The van der Waals surface area contributed by atoms with Crippen LogP contribution in [0.15, 0.2) is 59.2 Å². The molecule has 2 aromatic carbocycles. The SMILES string of the molecule is COc1ccc(-c2nc(COc3ccccc3OCCO)co2)cc1. The van der Waals surface area contributed by atoms with E-state index < -0.39 is 0 Å². The molecule has 0 spiro atoms. The van der Waals surface area contributed by atoms with Gasteiger partial charge in [0.25, 0.3) is 0 Å². The quantitative estimate of drug-likeness (QED) is 0.678. The van der Waals surface area contributed by atoms with E-state index in [9.17, 15) is 0 Å². The van der Waals surface area contributed by atoms with Crippen molar-refractivity contribution in [1.29, 1.82) is 0 Å². The van der Waals surface area contributed by atoms with Gasteiger partial charge in [-0.1, -0.05) is 12.1 Å². The summed E-state index contributed by atoms with van der Waals surface area (Å²) in [6, 6.07) is 14.8. The molecule has 0 fully saturated rings. The van der Waals surface area contributed by atoms with Gasteiger partial charge < -0.3 is 23.7 Å². The summed E-state index contributed by atoms with van der Waals surface area (Å²) in [6.45, 7) is 0.411. The first-order valence-corrected chi connectivity index (χ1v) is 7.84. The van der Waals surface area contributed by atoms with Crippen LogP contribution in [0.2, 0.25) is 0 Å². The molecule has 0 aliphatic carbocycles. The van der Waals surface area contributed by atoms with Crippen molar-refractivity contribution in [1.82, 2.24) is 4.98 Å². The van der Waals surface area contributed by atoms with Gasteiger partial charge in [-0.05, 0) is 36.4 Å². The Morgan fingerprint density at radius 1 is 1.00 bits per heavy atom. The fraction of sp³-hybridized carbons (Fsp3) is 0.211. The zero-order chi connectivity index (χ0) is 17.5. The Morgan fingerprint density at radius 2 is 1.72 bits per heavy atom. The molecule has 0 unspecified atom stereocenters. The van der Waals surface area contributed by atoms with Crippen LogP contribution >= 0.6 is 0 Å². The number of rotatable bonds is 8. The van der Waals surface area contributed by atoms with Crippen molar-refractivity contribution in [3.05, 3.63) is 60.5 Å². The number of aliphatic hydroxyl groups excluding tert-OH is 1. The first-order valence-electron chi connectivity index (χ1n) is 7.84. The highest BCUT2D eigenvalue weighted by atomic mass is 16.5. The fourth-order valence-electron chi connectivity index (χ4n) is 2.24. The zero-order valence-electron chi connectivity index (χ0n) is 13.8. The highest BCUT2D eigenvalue weighted by molar-refractivity contribution is 5.54. The minimum atomic E-state index is -0.0527. The molecule has 0 atom stereocenters. The van der Waals surface area contributed by atoms with E-state index in [2.05, 4.69) is 4.98 Å². The summed E-state index contributed by atoms with van der Waals surface area (Å²) in [6.07, 6.45) is 1.57. The molecule has 6 heteroatoms. The molecule has 130 valence electrons. The van der Waals surface area contributed by atoms with Crippen LogP contribution in [0.4, 0.5) is 0 Å². The Kier molecular flexibility index (Phi) is 5.53. The maximum Gasteiger partial charge on any atom is 0.226 e. The van der Waals surface area contributed by atoms with Crippen LogP contribution in [0, 0.1) is 0 Å². The molecule has 0 amide bonds. The maximum atomic E-state index is 8.87. The van der Waals surface area contributed by atoms with Crippen molar-refractivity contribution in [2.24, 2.45) is 0 Å². The van der Waals surface area contributed by atoms with Gasteiger partial charge >= 0.3 is 0 Å². The number of para-hydroxylation sites is 2. The Labute approximate surface area is 145 Å². The number of aliphatic hydroxyl groups is 1. The molecule has 0 saturated carbocycles. The molecule has 0 radical (unpaired) electrons. The van der Waals surface area contributed by atoms with Crippen molar-refractivity contribution in [3.8, 4) is 28.7 Å². The normalized spacial score (nSPS) is 10.5. The number of hydrogen-bond donors (Lipinski definition) is 1. The Hall–Kier alpha value is -2.99. The van der Waals surface area contributed by atoms with E-state index in [1.807, 2.05) is 36.4 Å². The number of aromatic nitrogens is 1. The van der Waals surface area contributed by atoms with Gasteiger partial charge in [-0.15, -0.1) is 0 Å². The van der Waals surface area contributed by atoms with Crippen molar-refractivity contribution in [2.45, 2.75) is 6.61 Å². The van der Waals surface area contributed by atoms with E-state index >= 15 is 0 Å². The largest absolute Gasteiger partial charge is 0.497 e. The molecule has 1 aromatic heterocycles. The third kappa shape index (κ3) is 4.30. The smallest absolute Gasteiger partial charge is 0.226 e. The summed E-state index contributed by atoms with van der Waals surface area (Å²) in [7, 11) is 1.62. The van der Waals surface area contributed by atoms with Crippen molar-refractivity contribution >= 4 is 0 Å². The summed E-state index contributed by atoms with van der Waals surface area (Å²) < 4.78 is 21.8. The molecule has 1 heterocycles. The van der Waals surface area contributed by atoms with Crippen molar-refractivity contribution in [2.75, 3.05) is 20.3 Å². The lowest BCUT2D eigenvalue weighted by molar-refractivity contribution is 0.192. The average molecular weight is 341 g/mol. The molecule has 0 aliphatic heterocycles. The van der Waals surface area contributed by atoms with E-state index in [-0.39, 0.29) is 19.8 Å². The maximum absolute atomic E-state index is 8.87. The molecule has 0 saturated heterocycles. The Morgan fingerprint density at radius 3 is 2.40 bits per heavy atom. The van der Waals surface area contributed by atoms with Gasteiger partial charge in [0.05, 0.1) is 13.7 Å². The first kappa shape index (κ1) is 16.9. The molecule has 3 aromatic rings.